The average molecular weight is 415 g/mol. The van der Waals surface area contributed by atoms with E-state index in [-0.39, 0.29) is 17.6 Å². The molecule has 0 spiro atoms. The lowest BCUT2D eigenvalue weighted by Gasteiger charge is -2.34. The number of carbonyl (C=O) groups is 2. The van der Waals surface area contributed by atoms with E-state index in [0.29, 0.717) is 36.2 Å². The van der Waals surface area contributed by atoms with Gasteiger partial charge in [-0.15, -0.1) is 23.1 Å². The number of hydrogen-bond acceptors (Lipinski definition) is 4. The topological polar surface area (TPSA) is 40.6 Å². The second-order valence-corrected chi connectivity index (χ2v) is 8.24. The maximum absolute atomic E-state index is 12.4. The van der Waals surface area contributed by atoms with Crippen LogP contribution in [0.1, 0.15) is 9.67 Å². The van der Waals surface area contributed by atoms with E-state index in [0.717, 1.165) is 9.77 Å². The van der Waals surface area contributed by atoms with Crippen molar-refractivity contribution in [1.29, 1.82) is 0 Å². The summed E-state index contributed by atoms with van der Waals surface area (Å²) in [5.74, 6) is 0.353. The molecule has 0 radical (unpaired) electrons. The molecular weight excluding hydrogens is 399 g/mol. The van der Waals surface area contributed by atoms with Crippen molar-refractivity contribution >= 4 is 58.1 Å². The number of rotatable bonds is 4. The van der Waals surface area contributed by atoms with E-state index in [9.17, 15) is 9.59 Å². The molecule has 0 atom stereocenters. The lowest BCUT2D eigenvalue weighted by molar-refractivity contribution is -0.129. The monoisotopic (exact) mass is 414 g/mol. The predicted molar refractivity (Wildman–Crippen MR) is 104 cm³/mol. The van der Waals surface area contributed by atoms with E-state index in [1.807, 2.05) is 17.5 Å². The molecule has 0 N–H and O–H groups in total. The first kappa shape index (κ1) is 18.6. The van der Waals surface area contributed by atoms with E-state index < -0.39 is 0 Å². The number of hydrogen-bond donors (Lipinski definition) is 0. The summed E-state index contributed by atoms with van der Waals surface area (Å²) < 4.78 is 0. The van der Waals surface area contributed by atoms with Gasteiger partial charge in [0.05, 0.1) is 20.7 Å². The van der Waals surface area contributed by atoms with Crippen molar-refractivity contribution in [2.75, 3.05) is 31.9 Å². The Hall–Kier alpha value is -1.21. The van der Waals surface area contributed by atoms with Crippen LogP contribution in [0.3, 0.4) is 0 Å². The van der Waals surface area contributed by atoms with Gasteiger partial charge in [0.15, 0.2) is 0 Å². The number of carbonyl (C=O) groups excluding carboxylic acids is 2. The fourth-order valence-electron chi connectivity index (χ4n) is 2.56. The largest absolute Gasteiger partial charge is 0.338 e. The van der Waals surface area contributed by atoms with E-state index in [1.165, 1.54) is 23.1 Å². The summed E-state index contributed by atoms with van der Waals surface area (Å²) in [6, 6.07) is 8.99. The molecule has 1 saturated heterocycles. The van der Waals surface area contributed by atoms with Crippen molar-refractivity contribution in [2.24, 2.45) is 0 Å². The zero-order valence-corrected chi connectivity index (χ0v) is 16.4. The third-order valence-corrected chi connectivity index (χ3v) is 6.74. The van der Waals surface area contributed by atoms with Crippen molar-refractivity contribution in [1.82, 2.24) is 9.80 Å². The van der Waals surface area contributed by atoms with E-state index >= 15 is 0 Å². The highest BCUT2D eigenvalue weighted by atomic mass is 35.5. The minimum Gasteiger partial charge on any atom is -0.338 e. The lowest BCUT2D eigenvalue weighted by Crippen LogP contribution is -2.51. The SMILES string of the molecule is O=C(CSc1c(Cl)cccc1Cl)N1CCN(C(=O)c2cccs2)CC1. The van der Waals surface area contributed by atoms with Crippen LogP contribution in [0.15, 0.2) is 40.6 Å². The van der Waals surface area contributed by atoms with Crippen molar-refractivity contribution < 1.29 is 9.59 Å². The van der Waals surface area contributed by atoms with Crippen LogP contribution in [-0.4, -0.2) is 53.5 Å². The number of thiophene rings is 1. The molecule has 2 heterocycles. The maximum Gasteiger partial charge on any atom is 0.264 e. The van der Waals surface area contributed by atoms with Crippen molar-refractivity contribution in [3.05, 3.63) is 50.6 Å². The zero-order chi connectivity index (χ0) is 17.8. The Kier molecular flexibility index (Phi) is 6.28. The van der Waals surface area contributed by atoms with Crippen LogP contribution in [0.2, 0.25) is 10.0 Å². The predicted octanol–water partition coefficient (Wildman–Crippen LogP) is 4.13. The normalized spacial score (nSPS) is 14.6. The van der Waals surface area contributed by atoms with Gasteiger partial charge in [0.25, 0.3) is 5.91 Å². The molecule has 0 saturated carbocycles. The molecule has 3 rings (SSSR count). The quantitative estimate of drug-likeness (QED) is 0.705. The summed E-state index contributed by atoms with van der Waals surface area (Å²) in [4.78, 5) is 29.8. The molecule has 4 nitrogen and oxygen atoms in total. The molecule has 8 heteroatoms. The number of thioether (sulfide) groups is 1. The van der Waals surface area contributed by atoms with Crippen molar-refractivity contribution in [3.8, 4) is 0 Å². The maximum atomic E-state index is 12.4. The third-order valence-electron chi connectivity index (χ3n) is 3.91. The molecule has 0 bridgehead atoms. The zero-order valence-electron chi connectivity index (χ0n) is 13.3. The third kappa shape index (κ3) is 4.50. The van der Waals surface area contributed by atoms with E-state index in [4.69, 9.17) is 23.2 Å². The van der Waals surface area contributed by atoms with Crippen LogP contribution >= 0.6 is 46.3 Å². The standard InChI is InChI=1S/C17H16Cl2N2O2S2/c18-12-3-1-4-13(19)16(12)25-11-15(22)20-6-8-21(9-7-20)17(23)14-5-2-10-24-14/h1-5,10H,6-9,11H2. The number of benzene rings is 1. The fourth-order valence-corrected chi connectivity index (χ4v) is 4.84. The Balaban J connectivity index is 1.51. The summed E-state index contributed by atoms with van der Waals surface area (Å²) in [5.41, 5.74) is 0. The number of halogens is 2. The van der Waals surface area contributed by atoms with Gasteiger partial charge < -0.3 is 9.80 Å². The van der Waals surface area contributed by atoms with Crippen LogP contribution in [0.25, 0.3) is 0 Å². The Morgan fingerprint density at radius 2 is 1.64 bits per heavy atom. The summed E-state index contributed by atoms with van der Waals surface area (Å²) in [5, 5.41) is 3.00. The van der Waals surface area contributed by atoms with Gasteiger partial charge >= 0.3 is 0 Å². The molecule has 2 aromatic rings. The van der Waals surface area contributed by atoms with Gasteiger partial charge in [-0.1, -0.05) is 35.3 Å². The van der Waals surface area contributed by atoms with Crippen LogP contribution in [0.4, 0.5) is 0 Å². The highest BCUT2D eigenvalue weighted by Gasteiger charge is 2.25. The van der Waals surface area contributed by atoms with Crippen molar-refractivity contribution in [2.45, 2.75) is 4.90 Å². The van der Waals surface area contributed by atoms with Gasteiger partial charge in [-0.25, -0.2) is 0 Å². The van der Waals surface area contributed by atoms with Gasteiger partial charge in [-0.2, -0.15) is 0 Å². The minimum atomic E-state index is 0.0317. The number of amides is 2. The first-order chi connectivity index (χ1) is 12.1. The molecule has 1 aliphatic heterocycles. The second-order valence-electron chi connectivity index (χ2n) is 5.49. The Morgan fingerprint density at radius 3 is 2.24 bits per heavy atom. The van der Waals surface area contributed by atoms with Crippen LogP contribution in [0, 0.1) is 0 Å². The van der Waals surface area contributed by atoms with Gasteiger partial charge in [0.1, 0.15) is 0 Å². The number of nitrogens with zero attached hydrogens (tertiary/aromatic N) is 2. The average Bonchev–Trinajstić information content (AvgIpc) is 3.15. The summed E-state index contributed by atoms with van der Waals surface area (Å²) in [6.07, 6.45) is 0. The van der Waals surface area contributed by atoms with Gasteiger partial charge in [-0.3, -0.25) is 9.59 Å². The molecule has 2 amide bonds. The van der Waals surface area contributed by atoms with Crippen LogP contribution in [-0.2, 0) is 4.79 Å². The Labute approximate surface area is 164 Å². The minimum absolute atomic E-state index is 0.0317. The summed E-state index contributed by atoms with van der Waals surface area (Å²) in [7, 11) is 0. The molecule has 1 aromatic carbocycles. The van der Waals surface area contributed by atoms with E-state index in [1.54, 1.807) is 28.0 Å². The highest BCUT2D eigenvalue weighted by molar-refractivity contribution is 8.00. The van der Waals surface area contributed by atoms with Crippen LogP contribution < -0.4 is 0 Å². The molecule has 1 aliphatic rings. The molecule has 25 heavy (non-hydrogen) atoms. The Morgan fingerprint density at radius 1 is 1.00 bits per heavy atom. The highest BCUT2D eigenvalue weighted by Crippen LogP contribution is 2.33. The first-order valence-corrected chi connectivity index (χ1v) is 10.4. The van der Waals surface area contributed by atoms with Crippen LogP contribution in [0.5, 0.6) is 0 Å². The van der Waals surface area contributed by atoms with Gasteiger partial charge in [0, 0.05) is 31.1 Å². The summed E-state index contributed by atoms with van der Waals surface area (Å²) >= 11 is 15.0. The smallest absolute Gasteiger partial charge is 0.264 e. The second kappa shape index (κ2) is 8.45. The molecule has 1 fully saturated rings. The molecule has 0 unspecified atom stereocenters. The van der Waals surface area contributed by atoms with E-state index in [2.05, 4.69) is 0 Å². The Bertz CT molecular complexity index is 740. The first-order valence-electron chi connectivity index (χ1n) is 7.73. The van der Waals surface area contributed by atoms with Gasteiger partial charge in [0.2, 0.25) is 5.91 Å². The molecule has 1 aromatic heterocycles. The number of piperazine rings is 1. The molecular formula is C17H16Cl2N2O2S2. The molecule has 132 valence electrons. The molecule has 0 aliphatic carbocycles. The fraction of sp³-hybridized carbons (Fsp3) is 0.294. The van der Waals surface area contributed by atoms with Gasteiger partial charge in [-0.05, 0) is 23.6 Å². The lowest BCUT2D eigenvalue weighted by atomic mass is 10.3. The van der Waals surface area contributed by atoms with Crippen molar-refractivity contribution in [3.63, 3.8) is 0 Å². The summed E-state index contributed by atoms with van der Waals surface area (Å²) in [6.45, 7) is 2.21.